The van der Waals surface area contributed by atoms with Gasteiger partial charge >= 0.3 is 0 Å². The molecule has 0 aromatic heterocycles. The molecule has 1 saturated heterocycles. The van der Waals surface area contributed by atoms with Gasteiger partial charge in [0.2, 0.25) is 0 Å². The quantitative estimate of drug-likeness (QED) is 0.661. The fourth-order valence-corrected chi connectivity index (χ4v) is 1.44. The van der Waals surface area contributed by atoms with E-state index >= 15 is 0 Å². The summed E-state index contributed by atoms with van der Waals surface area (Å²) in [7, 11) is 0. The number of rotatable bonds is 5. The maximum absolute atomic E-state index is 8.73. The fourth-order valence-electron chi connectivity index (χ4n) is 1.44. The largest absolute Gasteiger partial charge is 0.392 e. The molecule has 0 bridgehead atoms. The summed E-state index contributed by atoms with van der Waals surface area (Å²) in [5, 5.41) is 8.73. The van der Waals surface area contributed by atoms with Crippen LogP contribution in [0.5, 0.6) is 0 Å². The van der Waals surface area contributed by atoms with E-state index in [2.05, 4.69) is 6.58 Å². The van der Waals surface area contributed by atoms with E-state index in [0.29, 0.717) is 13.2 Å². The van der Waals surface area contributed by atoms with E-state index in [9.17, 15) is 0 Å². The van der Waals surface area contributed by atoms with Crippen LogP contribution in [-0.4, -0.2) is 30.7 Å². The Morgan fingerprint density at radius 2 is 2.08 bits per heavy atom. The van der Waals surface area contributed by atoms with Gasteiger partial charge < -0.3 is 14.6 Å². The van der Waals surface area contributed by atoms with Crippen molar-refractivity contribution >= 4 is 0 Å². The summed E-state index contributed by atoms with van der Waals surface area (Å²) in [5.74, 6) is -0.393. The van der Waals surface area contributed by atoms with Crippen LogP contribution >= 0.6 is 0 Å². The molecule has 0 aliphatic carbocycles. The number of ether oxygens (including phenoxy) is 2. The lowest BCUT2D eigenvalue weighted by Gasteiger charge is -2.21. The van der Waals surface area contributed by atoms with E-state index in [0.717, 1.165) is 24.8 Å². The van der Waals surface area contributed by atoms with Gasteiger partial charge in [0, 0.05) is 6.42 Å². The molecule has 13 heavy (non-hydrogen) atoms. The minimum atomic E-state index is -0.393. The van der Waals surface area contributed by atoms with Gasteiger partial charge in [-0.1, -0.05) is 12.2 Å². The van der Waals surface area contributed by atoms with Gasteiger partial charge in [-0.2, -0.15) is 0 Å². The van der Waals surface area contributed by atoms with Gasteiger partial charge in [-0.25, -0.2) is 0 Å². The molecule has 0 radical (unpaired) electrons. The van der Waals surface area contributed by atoms with Gasteiger partial charge in [-0.15, -0.1) is 0 Å². The SMILES string of the molecule is C=C(CO)CCCC1(C)OCCO1. The highest BCUT2D eigenvalue weighted by molar-refractivity contribution is 4.93. The Bertz CT molecular complexity index is 171. The molecule has 0 atom stereocenters. The molecule has 1 rings (SSSR count). The molecular weight excluding hydrogens is 168 g/mol. The van der Waals surface area contributed by atoms with Gasteiger partial charge in [-0.05, 0) is 19.8 Å². The Hall–Kier alpha value is -0.380. The van der Waals surface area contributed by atoms with Crippen LogP contribution in [-0.2, 0) is 9.47 Å². The molecule has 0 aromatic rings. The van der Waals surface area contributed by atoms with E-state index in [4.69, 9.17) is 14.6 Å². The van der Waals surface area contributed by atoms with E-state index < -0.39 is 5.79 Å². The molecule has 1 heterocycles. The lowest BCUT2D eigenvalue weighted by molar-refractivity contribution is -0.147. The van der Waals surface area contributed by atoms with Crippen molar-refractivity contribution in [2.24, 2.45) is 0 Å². The molecule has 0 saturated carbocycles. The van der Waals surface area contributed by atoms with Gasteiger partial charge in [0.25, 0.3) is 0 Å². The molecule has 1 fully saturated rings. The summed E-state index contributed by atoms with van der Waals surface area (Å²) < 4.78 is 10.9. The van der Waals surface area contributed by atoms with Crippen LogP contribution in [0.1, 0.15) is 26.2 Å². The van der Waals surface area contributed by atoms with Crippen molar-refractivity contribution in [3.05, 3.63) is 12.2 Å². The normalized spacial score (nSPS) is 20.5. The van der Waals surface area contributed by atoms with Crippen molar-refractivity contribution in [2.75, 3.05) is 19.8 Å². The van der Waals surface area contributed by atoms with Crippen molar-refractivity contribution in [1.82, 2.24) is 0 Å². The first kappa shape index (κ1) is 10.7. The monoisotopic (exact) mass is 186 g/mol. The maximum atomic E-state index is 8.73. The topological polar surface area (TPSA) is 38.7 Å². The highest BCUT2D eigenvalue weighted by Gasteiger charge is 2.29. The molecule has 0 spiro atoms. The van der Waals surface area contributed by atoms with Gasteiger partial charge in [0.15, 0.2) is 5.79 Å². The molecule has 3 heteroatoms. The molecule has 1 N–H and O–H groups in total. The third-order valence-corrected chi connectivity index (χ3v) is 2.28. The van der Waals surface area contributed by atoms with Crippen LogP contribution in [0, 0.1) is 0 Å². The lowest BCUT2D eigenvalue weighted by atomic mass is 10.1. The lowest BCUT2D eigenvalue weighted by Crippen LogP contribution is -2.25. The average Bonchev–Trinajstić information content (AvgIpc) is 2.52. The highest BCUT2D eigenvalue weighted by Crippen LogP contribution is 2.25. The van der Waals surface area contributed by atoms with Crippen molar-refractivity contribution in [3.8, 4) is 0 Å². The summed E-state index contributed by atoms with van der Waals surface area (Å²) in [6.07, 6.45) is 2.67. The molecule has 3 nitrogen and oxygen atoms in total. The standard InChI is InChI=1S/C10H18O3/c1-9(8-11)4-3-5-10(2)12-6-7-13-10/h11H,1,3-8H2,2H3. The summed E-state index contributed by atoms with van der Waals surface area (Å²) >= 11 is 0. The van der Waals surface area contributed by atoms with Crippen LogP contribution in [0.3, 0.4) is 0 Å². The third-order valence-electron chi connectivity index (χ3n) is 2.28. The predicted molar refractivity (Wildman–Crippen MR) is 50.4 cm³/mol. The van der Waals surface area contributed by atoms with Gasteiger partial charge in [0.05, 0.1) is 19.8 Å². The smallest absolute Gasteiger partial charge is 0.165 e. The average molecular weight is 186 g/mol. The Kier molecular flexibility index (Phi) is 3.90. The van der Waals surface area contributed by atoms with Crippen molar-refractivity contribution in [3.63, 3.8) is 0 Å². The molecular formula is C10H18O3. The summed E-state index contributed by atoms with van der Waals surface area (Å²) in [4.78, 5) is 0. The Morgan fingerprint density at radius 1 is 1.46 bits per heavy atom. The third kappa shape index (κ3) is 3.46. The zero-order chi connectivity index (χ0) is 9.73. The van der Waals surface area contributed by atoms with Gasteiger partial charge in [0.1, 0.15) is 0 Å². The zero-order valence-corrected chi connectivity index (χ0v) is 8.21. The Morgan fingerprint density at radius 3 is 2.62 bits per heavy atom. The number of aliphatic hydroxyl groups excluding tert-OH is 1. The first-order chi connectivity index (χ1) is 6.16. The van der Waals surface area contributed by atoms with Crippen LogP contribution < -0.4 is 0 Å². The van der Waals surface area contributed by atoms with E-state index in [-0.39, 0.29) is 6.61 Å². The molecule has 0 unspecified atom stereocenters. The summed E-state index contributed by atoms with van der Waals surface area (Å²) in [6.45, 7) is 7.15. The van der Waals surface area contributed by atoms with E-state index in [1.807, 2.05) is 6.92 Å². The molecule has 0 aromatic carbocycles. The van der Waals surface area contributed by atoms with Gasteiger partial charge in [-0.3, -0.25) is 0 Å². The highest BCUT2D eigenvalue weighted by atomic mass is 16.7. The number of hydrogen-bond donors (Lipinski definition) is 1. The van der Waals surface area contributed by atoms with Crippen LogP contribution in [0.2, 0.25) is 0 Å². The molecule has 76 valence electrons. The first-order valence-corrected chi connectivity index (χ1v) is 4.72. The maximum Gasteiger partial charge on any atom is 0.165 e. The van der Waals surface area contributed by atoms with Crippen molar-refractivity contribution < 1.29 is 14.6 Å². The van der Waals surface area contributed by atoms with Crippen molar-refractivity contribution in [2.45, 2.75) is 32.0 Å². The predicted octanol–water partition coefficient (Wildman–Crippen LogP) is 1.47. The number of hydrogen-bond acceptors (Lipinski definition) is 3. The zero-order valence-electron chi connectivity index (χ0n) is 8.21. The van der Waals surface area contributed by atoms with E-state index in [1.165, 1.54) is 0 Å². The molecule has 1 aliphatic rings. The second-order valence-corrected chi connectivity index (χ2v) is 3.59. The molecule has 1 aliphatic heterocycles. The second kappa shape index (κ2) is 4.74. The summed E-state index contributed by atoms with van der Waals surface area (Å²) in [5.41, 5.74) is 0.876. The Labute approximate surface area is 79.3 Å². The first-order valence-electron chi connectivity index (χ1n) is 4.72. The van der Waals surface area contributed by atoms with Crippen LogP contribution in [0.25, 0.3) is 0 Å². The minimum absolute atomic E-state index is 0.0818. The summed E-state index contributed by atoms with van der Waals surface area (Å²) in [6, 6.07) is 0. The van der Waals surface area contributed by atoms with Crippen LogP contribution in [0.4, 0.5) is 0 Å². The van der Waals surface area contributed by atoms with Crippen molar-refractivity contribution in [1.29, 1.82) is 0 Å². The minimum Gasteiger partial charge on any atom is -0.392 e. The Balaban J connectivity index is 2.14. The fraction of sp³-hybridized carbons (Fsp3) is 0.800. The van der Waals surface area contributed by atoms with Crippen LogP contribution in [0.15, 0.2) is 12.2 Å². The number of aliphatic hydroxyl groups is 1. The second-order valence-electron chi connectivity index (χ2n) is 3.59. The van der Waals surface area contributed by atoms with E-state index in [1.54, 1.807) is 0 Å². The molecule has 0 amide bonds.